The second-order valence-electron chi connectivity index (χ2n) is 4.73. The molecular formula is C16H15ClN2O3. The van der Waals surface area contributed by atoms with Crippen LogP contribution in [0, 0.1) is 6.92 Å². The summed E-state index contributed by atoms with van der Waals surface area (Å²) in [7, 11) is 0. The van der Waals surface area contributed by atoms with Crippen molar-refractivity contribution in [3.05, 3.63) is 58.6 Å². The molecular weight excluding hydrogens is 304 g/mol. The number of rotatable bonds is 4. The van der Waals surface area contributed by atoms with Gasteiger partial charge in [0.2, 0.25) is 0 Å². The standard InChI is InChI=1S/C16H15ClN2O3/c1-10-3-2-4-12(7-10)19-15(20)9-22-16(21)11-5-6-13(17)14(18)8-11/h2-8H,9,18H2,1H3,(H,19,20). The third-order valence-electron chi connectivity index (χ3n) is 2.87. The normalized spacial score (nSPS) is 10.1. The average molecular weight is 319 g/mol. The quantitative estimate of drug-likeness (QED) is 0.670. The van der Waals surface area contributed by atoms with Crippen LogP contribution in [-0.4, -0.2) is 18.5 Å². The van der Waals surface area contributed by atoms with Gasteiger partial charge in [-0.05, 0) is 42.8 Å². The number of nitrogens with two attached hydrogens (primary N) is 1. The maximum absolute atomic E-state index is 11.8. The maximum Gasteiger partial charge on any atom is 0.338 e. The predicted molar refractivity (Wildman–Crippen MR) is 86.0 cm³/mol. The number of carbonyl (C=O) groups excluding carboxylic acids is 2. The first-order valence-corrected chi connectivity index (χ1v) is 6.92. The van der Waals surface area contributed by atoms with Crippen LogP contribution in [0.3, 0.4) is 0 Å². The minimum atomic E-state index is -0.636. The Morgan fingerprint density at radius 2 is 2.00 bits per heavy atom. The second kappa shape index (κ2) is 6.95. The summed E-state index contributed by atoms with van der Waals surface area (Å²) >= 11 is 5.77. The number of halogens is 1. The fourth-order valence-electron chi connectivity index (χ4n) is 1.81. The third kappa shape index (κ3) is 4.23. The number of carbonyl (C=O) groups is 2. The Balaban J connectivity index is 1.90. The van der Waals surface area contributed by atoms with E-state index in [2.05, 4.69) is 5.32 Å². The first-order valence-electron chi connectivity index (χ1n) is 6.54. The lowest BCUT2D eigenvalue weighted by molar-refractivity contribution is -0.119. The first-order chi connectivity index (χ1) is 10.5. The Kier molecular flexibility index (Phi) is 5.01. The lowest BCUT2D eigenvalue weighted by Gasteiger charge is -2.08. The van der Waals surface area contributed by atoms with Crippen molar-refractivity contribution in [2.75, 3.05) is 17.7 Å². The molecule has 0 spiro atoms. The summed E-state index contributed by atoms with van der Waals surface area (Å²) < 4.78 is 4.94. The van der Waals surface area contributed by atoms with Crippen molar-refractivity contribution in [2.24, 2.45) is 0 Å². The number of ether oxygens (including phenoxy) is 1. The molecule has 0 atom stereocenters. The van der Waals surface area contributed by atoms with Gasteiger partial charge in [0.05, 0.1) is 16.3 Å². The van der Waals surface area contributed by atoms with Crippen LogP contribution >= 0.6 is 11.6 Å². The number of hydrogen-bond donors (Lipinski definition) is 2. The molecule has 0 unspecified atom stereocenters. The predicted octanol–water partition coefficient (Wildman–Crippen LogP) is 3.03. The van der Waals surface area contributed by atoms with Crippen molar-refractivity contribution in [1.82, 2.24) is 0 Å². The number of benzene rings is 2. The number of anilines is 2. The molecule has 114 valence electrons. The molecule has 0 aromatic heterocycles. The lowest BCUT2D eigenvalue weighted by atomic mass is 10.2. The summed E-state index contributed by atoms with van der Waals surface area (Å²) in [5.74, 6) is -1.05. The largest absolute Gasteiger partial charge is 0.452 e. The number of aryl methyl sites for hydroxylation is 1. The summed E-state index contributed by atoms with van der Waals surface area (Å²) in [5, 5.41) is 3.00. The van der Waals surface area contributed by atoms with Crippen molar-refractivity contribution in [3.63, 3.8) is 0 Å². The molecule has 0 bridgehead atoms. The molecule has 0 fully saturated rings. The highest BCUT2D eigenvalue weighted by atomic mass is 35.5. The van der Waals surface area contributed by atoms with Gasteiger partial charge in [-0.1, -0.05) is 23.7 Å². The van der Waals surface area contributed by atoms with Crippen molar-refractivity contribution < 1.29 is 14.3 Å². The number of esters is 1. The number of amides is 1. The minimum absolute atomic E-state index is 0.241. The van der Waals surface area contributed by atoms with Gasteiger partial charge in [0.25, 0.3) is 5.91 Å². The molecule has 2 aromatic rings. The Morgan fingerprint density at radius 1 is 1.23 bits per heavy atom. The van der Waals surface area contributed by atoms with Crippen LogP contribution in [0.15, 0.2) is 42.5 Å². The molecule has 22 heavy (non-hydrogen) atoms. The van der Waals surface area contributed by atoms with Crippen LogP contribution in [0.4, 0.5) is 11.4 Å². The van der Waals surface area contributed by atoms with Crippen molar-refractivity contribution in [1.29, 1.82) is 0 Å². The van der Waals surface area contributed by atoms with E-state index < -0.39 is 11.9 Å². The lowest BCUT2D eigenvalue weighted by Crippen LogP contribution is -2.21. The molecule has 1 amide bonds. The molecule has 0 aliphatic rings. The molecule has 0 aliphatic carbocycles. The summed E-state index contributed by atoms with van der Waals surface area (Å²) in [6.07, 6.45) is 0. The topological polar surface area (TPSA) is 81.4 Å². The molecule has 0 heterocycles. The van der Waals surface area contributed by atoms with Gasteiger partial charge in [-0.15, -0.1) is 0 Å². The zero-order chi connectivity index (χ0) is 16.1. The van der Waals surface area contributed by atoms with Gasteiger partial charge in [-0.2, -0.15) is 0 Å². The van der Waals surface area contributed by atoms with Crippen molar-refractivity contribution in [3.8, 4) is 0 Å². The fourth-order valence-corrected chi connectivity index (χ4v) is 1.92. The number of nitrogen functional groups attached to an aromatic ring is 1. The number of nitrogens with one attached hydrogen (secondary N) is 1. The van der Waals surface area contributed by atoms with Gasteiger partial charge in [0, 0.05) is 5.69 Å². The van der Waals surface area contributed by atoms with E-state index in [1.165, 1.54) is 18.2 Å². The summed E-state index contributed by atoms with van der Waals surface area (Å²) in [5.41, 5.74) is 7.80. The SMILES string of the molecule is Cc1cccc(NC(=O)COC(=O)c2ccc(Cl)c(N)c2)c1. The zero-order valence-electron chi connectivity index (χ0n) is 11.9. The molecule has 0 radical (unpaired) electrons. The van der Waals surface area contributed by atoms with Gasteiger partial charge in [0.15, 0.2) is 6.61 Å². The first kappa shape index (κ1) is 15.9. The van der Waals surface area contributed by atoms with E-state index in [-0.39, 0.29) is 17.9 Å². The van der Waals surface area contributed by atoms with E-state index >= 15 is 0 Å². The Morgan fingerprint density at radius 3 is 2.68 bits per heavy atom. The Hall–Kier alpha value is -2.53. The molecule has 5 nitrogen and oxygen atoms in total. The van der Waals surface area contributed by atoms with Crippen LogP contribution in [-0.2, 0) is 9.53 Å². The van der Waals surface area contributed by atoms with E-state index in [9.17, 15) is 9.59 Å². The maximum atomic E-state index is 11.8. The molecule has 0 saturated heterocycles. The van der Waals surface area contributed by atoms with E-state index in [0.29, 0.717) is 10.7 Å². The van der Waals surface area contributed by atoms with E-state index in [1.807, 2.05) is 25.1 Å². The summed E-state index contributed by atoms with van der Waals surface area (Å²) in [6, 6.07) is 11.7. The van der Waals surface area contributed by atoms with E-state index in [4.69, 9.17) is 22.1 Å². The third-order valence-corrected chi connectivity index (χ3v) is 3.21. The summed E-state index contributed by atoms with van der Waals surface area (Å²) in [6.45, 7) is 1.54. The van der Waals surface area contributed by atoms with Crippen molar-refractivity contribution in [2.45, 2.75) is 6.92 Å². The van der Waals surface area contributed by atoms with Gasteiger partial charge in [0.1, 0.15) is 0 Å². The Bertz CT molecular complexity index is 716. The van der Waals surface area contributed by atoms with Crippen LogP contribution < -0.4 is 11.1 Å². The minimum Gasteiger partial charge on any atom is -0.452 e. The van der Waals surface area contributed by atoms with E-state index in [1.54, 1.807) is 6.07 Å². The highest BCUT2D eigenvalue weighted by Crippen LogP contribution is 2.19. The molecule has 6 heteroatoms. The van der Waals surface area contributed by atoms with Crippen LogP contribution in [0.5, 0.6) is 0 Å². The van der Waals surface area contributed by atoms with E-state index in [0.717, 1.165) is 5.56 Å². The Labute approximate surface area is 133 Å². The average Bonchev–Trinajstić information content (AvgIpc) is 2.47. The molecule has 2 aromatic carbocycles. The summed E-state index contributed by atoms with van der Waals surface area (Å²) in [4.78, 5) is 23.6. The molecule has 0 aliphatic heterocycles. The van der Waals surface area contributed by atoms with Gasteiger partial charge in [-0.3, -0.25) is 4.79 Å². The second-order valence-corrected chi connectivity index (χ2v) is 5.14. The molecule has 3 N–H and O–H groups in total. The highest BCUT2D eigenvalue weighted by molar-refractivity contribution is 6.33. The molecule has 0 saturated carbocycles. The van der Waals surface area contributed by atoms with Crippen LogP contribution in [0.2, 0.25) is 5.02 Å². The smallest absolute Gasteiger partial charge is 0.338 e. The highest BCUT2D eigenvalue weighted by Gasteiger charge is 2.11. The van der Waals surface area contributed by atoms with Crippen LogP contribution in [0.1, 0.15) is 15.9 Å². The van der Waals surface area contributed by atoms with Crippen LogP contribution in [0.25, 0.3) is 0 Å². The van der Waals surface area contributed by atoms with Gasteiger partial charge < -0.3 is 15.8 Å². The fraction of sp³-hybridized carbons (Fsp3) is 0.125. The molecule has 2 rings (SSSR count). The van der Waals surface area contributed by atoms with Gasteiger partial charge in [-0.25, -0.2) is 4.79 Å². The zero-order valence-corrected chi connectivity index (χ0v) is 12.7. The van der Waals surface area contributed by atoms with Gasteiger partial charge >= 0.3 is 5.97 Å². The van der Waals surface area contributed by atoms with Crippen molar-refractivity contribution >= 4 is 34.9 Å². The number of hydrogen-bond acceptors (Lipinski definition) is 4. The monoisotopic (exact) mass is 318 g/mol.